The van der Waals surface area contributed by atoms with Crippen LogP contribution in [0.15, 0.2) is 48.7 Å². The Balaban J connectivity index is 1.38. The average Bonchev–Trinajstić information content (AvgIpc) is 3.48. The molecule has 8 heteroatoms. The molecule has 5 rings (SSSR count). The zero-order valence-electron chi connectivity index (χ0n) is 16.8. The molecule has 1 fully saturated rings. The molecule has 0 bridgehead atoms. The Morgan fingerprint density at radius 3 is 2.68 bits per heavy atom. The highest BCUT2D eigenvalue weighted by Gasteiger charge is 2.36. The lowest BCUT2D eigenvalue weighted by Gasteiger charge is -2.38. The number of carbonyl (C=O) groups excluding carboxylic acids is 1. The molecule has 2 aliphatic rings. The predicted octanol–water partition coefficient (Wildman–Crippen LogP) is 3.94. The van der Waals surface area contributed by atoms with Crippen molar-refractivity contribution in [3.8, 4) is 22.8 Å². The SMILES string of the molecule is O=C(NCC1(c2ccc3c(c2)OCO3)CCOCC1)c1cn[nH]c1-c1ccc(Cl)cc1. The molecule has 2 aromatic carbocycles. The van der Waals surface area contributed by atoms with Crippen LogP contribution in [0, 0.1) is 0 Å². The quantitative estimate of drug-likeness (QED) is 0.629. The molecule has 0 spiro atoms. The monoisotopic (exact) mass is 439 g/mol. The first-order valence-corrected chi connectivity index (χ1v) is 10.6. The maximum absolute atomic E-state index is 13.1. The van der Waals surface area contributed by atoms with Gasteiger partial charge >= 0.3 is 0 Å². The molecule has 0 saturated carbocycles. The molecule has 1 amide bonds. The van der Waals surface area contributed by atoms with Crippen LogP contribution in [0.2, 0.25) is 5.02 Å². The maximum atomic E-state index is 13.1. The molecule has 1 saturated heterocycles. The highest BCUT2D eigenvalue weighted by Crippen LogP contribution is 2.40. The van der Waals surface area contributed by atoms with Crippen molar-refractivity contribution in [2.75, 3.05) is 26.6 Å². The largest absolute Gasteiger partial charge is 0.454 e. The van der Waals surface area contributed by atoms with Gasteiger partial charge in [0.1, 0.15) is 0 Å². The second kappa shape index (κ2) is 8.24. The van der Waals surface area contributed by atoms with Crippen LogP contribution in [-0.2, 0) is 10.2 Å². The van der Waals surface area contributed by atoms with Crippen LogP contribution >= 0.6 is 11.6 Å². The van der Waals surface area contributed by atoms with E-state index in [0.29, 0.717) is 36.0 Å². The second-order valence-corrected chi connectivity index (χ2v) is 8.25. The molecule has 0 unspecified atom stereocenters. The van der Waals surface area contributed by atoms with Gasteiger partial charge in [0, 0.05) is 35.8 Å². The van der Waals surface area contributed by atoms with E-state index in [9.17, 15) is 4.79 Å². The van der Waals surface area contributed by atoms with Crippen LogP contribution in [0.4, 0.5) is 0 Å². The van der Waals surface area contributed by atoms with Gasteiger partial charge < -0.3 is 19.5 Å². The summed E-state index contributed by atoms with van der Waals surface area (Å²) in [6, 6.07) is 13.3. The number of hydrogen-bond acceptors (Lipinski definition) is 5. The van der Waals surface area contributed by atoms with Gasteiger partial charge in [0.15, 0.2) is 11.5 Å². The zero-order valence-corrected chi connectivity index (χ0v) is 17.6. The summed E-state index contributed by atoms with van der Waals surface area (Å²) in [5.74, 6) is 1.32. The van der Waals surface area contributed by atoms with E-state index in [4.69, 9.17) is 25.8 Å². The van der Waals surface area contributed by atoms with Gasteiger partial charge in [-0.15, -0.1) is 0 Å². The number of aromatic nitrogens is 2. The first-order valence-electron chi connectivity index (χ1n) is 10.2. The van der Waals surface area contributed by atoms with Gasteiger partial charge in [-0.05, 0) is 42.7 Å². The van der Waals surface area contributed by atoms with E-state index < -0.39 is 0 Å². The number of rotatable bonds is 5. The molecule has 0 radical (unpaired) electrons. The molecule has 0 aliphatic carbocycles. The van der Waals surface area contributed by atoms with Crippen LogP contribution in [0.1, 0.15) is 28.8 Å². The normalized spacial score (nSPS) is 16.8. The van der Waals surface area contributed by atoms with E-state index in [1.165, 1.54) is 0 Å². The number of hydrogen-bond donors (Lipinski definition) is 2. The fourth-order valence-electron chi connectivity index (χ4n) is 4.20. The molecule has 2 aliphatic heterocycles. The molecular formula is C23H22ClN3O4. The summed E-state index contributed by atoms with van der Waals surface area (Å²) in [4.78, 5) is 13.1. The minimum absolute atomic E-state index is 0.176. The third-order valence-electron chi connectivity index (χ3n) is 6.04. The van der Waals surface area contributed by atoms with Crippen molar-refractivity contribution in [2.24, 2.45) is 0 Å². The number of H-pyrrole nitrogens is 1. The van der Waals surface area contributed by atoms with Crippen molar-refractivity contribution in [1.29, 1.82) is 0 Å². The van der Waals surface area contributed by atoms with Crippen molar-refractivity contribution in [3.63, 3.8) is 0 Å². The number of nitrogens with one attached hydrogen (secondary N) is 2. The smallest absolute Gasteiger partial charge is 0.255 e. The summed E-state index contributed by atoms with van der Waals surface area (Å²) >= 11 is 5.99. The van der Waals surface area contributed by atoms with Crippen LogP contribution in [0.3, 0.4) is 0 Å². The number of amides is 1. The van der Waals surface area contributed by atoms with Crippen molar-refractivity contribution >= 4 is 17.5 Å². The zero-order chi connectivity index (χ0) is 21.3. The summed E-state index contributed by atoms with van der Waals surface area (Å²) < 4.78 is 16.6. The summed E-state index contributed by atoms with van der Waals surface area (Å²) in [6.07, 6.45) is 3.17. The van der Waals surface area contributed by atoms with Gasteiger partial charge in [-0.1, -0.05) is 29.8 Å². The average molecular weight is 440 g/mol. The Morgan fingerprint density at radius 1 is 1.10 bits per heavy atom. The highest BCUT2D eigenvalue weighted by atomic mass is 35.5. The van der Waals surface area contributed by atoms with Crippen molar-refractivity contribution in [2.45, 2.75) is 18.3 Å². The van der Waals surface area contributed by atoms with E-state index in [1.807, 2.05) is 24.3 Å². The lowest BCUT2D eigenvalue weighted by molar-refractivity contribution is 0.0486. The number of carbonyl (C=O) groups is 1. The van der Waals surface area contributed by atoms with Gasteiger partial charge in [0.2, 0.25) is 6.79 Å². The first-order chi connectivity index (χ1) is 15.1. The van der Waals surface area contributed by atoms with Gasteiger partial charge in [0.25, 0.3) is 5.91 Å². The fourth-order valence-corrected chi connectivity index (χ4v) is 4.32. The summed E-state index contributed by atoms with van der Waals surface area (Å²) in [7, 11) is 0. The number of fused-ring (bicyclic) bond motifs is 1. The standard InChI is InChI=1S/C23H22ClN3O4/c24-17-4-1-15(2-5-17)21-18(12-26-27-21)22(28)25-13-23(7-9-29-10-8-23)16-3-6-19-20(11-16)31-14-30-19/h1-6,11-12H,7-10,13-14H2,(H,25,28)(H,26,27). The topological polar surface area (TPSA) is 85.5 Å². The third-order valence-corrected chi connectivity index (χ3v) is 6.29. The van der Waals surface area contributed by atoms with Crippen LogP contribution in [-0.4, -0.2) is 42.7 Å². The minimum Gasteiger partial charge on any atom is -0.454 e. The number of halogens is 1. The number of benzene rings is 2. The lowest BCUT2D eigenvalue weighted by atomic mass is 9.74. The maximum Gasteiger partial charge on any atom is 0.255 e. The second-order valence-electron chi connectivity index (χ2n) is 7.81. The molecular weight excluding hydrogens is 418 g/mol. The number of aromatic amines is 1. The summed E-state index contributed by atoms with van der Waals surface area (Å²) in [5.41, 5.74) is 2.89. The third kappa shape index (κ3) is 3.86. The first kappa shape index (κ1) is 19.9. The Bertz CT molecular complexity index is 1090. The number of nitrogens with zero attached hydrogens (tertiary/aromatic N) is 1. The van der Waals surface area contributed by atoms with E-state index >= 15 is 0 Å². The van der Waals surface area contributed by atoms with E-state index in [2.05, 4.69) is 21.6 Å². The Morgan fingerprint density at radius 2 is 1.87 bits per heavy atom. The van der Waals surface area contributed by atoms with Crippen molar-refractivity contribution in [3.05, 3.63) is 64.8 Å². The van der Waals surface area contributed by atoms with Crippen LogP contribution < -0.4 is 14.8 Å². The van der Waals surface area contributed by atoms with Crippen LogP contribution in [0.5, 0.6) is 11.5 Å². The molecule has 0 atom stereocenters. The molecule has 3 heterocycles. The highest BCUT2D eigenvalue weighted by molar-refractivity contribution is 6.30. The van der Waals surface area contributed by atoms with Crippen molar-refractivity contribution < 1.29 is 19.0 Å². The van der Waals surface area contributed by atoms with E-state index in [1.54, 1.807) is 18.3 Å². The molecule has 3 aromatic rings. The Labute approximate surface area is 184 Å². The fraction of sp³-hybridized carbons (Fsp3) is 0.304. The Kier molecular flexibility index (Phi) is 5.29. The van der Waals surface area contributed by atoms with E-state index in [0.717, 1.165) is 35.5 Å². The number of ether oxygens (including phenoxy) is 3. The van der Waals surface area contributed by atoms with Crippen molar-refractivity contribution in [1.82, 2.24) is 15.5 Å². The molecule has 2 N–H and O–H groups in total. The van der Waals surface area contributed by atoms with Crippen LogP contribution in [0.25, 0.3) is 11.3 Å². The molecule has 160 valence electrons. The minimum atomic E-state index is -0.237. The van der Waals surface area contributed by atoms with Gasteiger partial charge in [-0.2, -0.15) is 5.10 Å². The van der Waals surface area contributed by atoms with Gasteiger partial charge in [0.05, 0.1) is 17.5 Å². The summed E-state index contributed by atoms with van der Waals surface area (Å²) in [6.45, 7) is 2.01. The molecule has 1 aromatic heterocycles. The lowest BCUT2D eigenvalue weighted by Crippen LogP contribution is -2.44. The molecule has 7 nitrogen and oxygen atoms in total. The Hall–Kier alpha value is -3.03. The molecule has 31 heavy (non-hydrogen) atoms. The van der Waals surface area contributed by atoms with E-state index in [-0.39, 0.29) is 18.1 Å². The van der Waals surface area contributed by atoms with Gasteiger partial charge in [-0.25, -0.2) is 0 Å². The van der Waals surface area contributed by atoms with Gasteiger partial charge in [-0.3, -0.25) is 9.89 Å². The predicted molar refractivity (Wildman–Crippen MR) is 116 cm³/mol. The summed E-state index contributed by atoms with van der Waals surface area (Å²) in [5, 5.41) is 10.8.